The van der Waals surface area contributed by atoms with Crippen LogP contribution < -0.4 is 20.2 Å². The van der Waals surface area contributed by atoms with Crippen molar-refractivity contribution < 1.29 is 19.1 Å². The van der Waals surface area contributed by atoms with Crippen LogP contribution in [0.4, 0.5) is 5.69 Å². The maximum atomic E-state index is 11.9. The number of nitrogens with one attached hydrogen (secondary N) is 2. The zero-order valence-electron chi connectivity index (χ0n) is 14.0. The zero-order valence-corrected chi connectivity index (χ0v) is 14.0. The third-order valence-electron chi connectivity index (χ3n) is 3.12. The van der Waals surface area contributed by atoms with E-state index in [0.717, 1.165) is 0 Å². The fourth-order valence-corrected chi connectivity index (χ4v) is 1.97. The SMILES string of the molecule is CCOc1ccccc1/C=N/NC(=O)C(=O)Nc1cccc(OC)c1. The van der Waals surface area contributed by atoms with Crippen molar-refractivity contribution >= 4 is 23.7 Å². The number of rotatable bonds is 6. The van der Waals surface area contributed by atoms with Gasteiger partial charge < -0.3 is 14.8 Å². The molecule has 0 unspecified atom stereocenters. The van der Waals surface area contributed by atoms with E-state index in [1.165, 1.54) is 13.3 Å². The van der Waals surface area contributed by atoms with Crippen LogP contribution in [0.5, 0.6) is 11.5 Å². The second-order valence-electron chi connectivity index (χ2n) is 4.86. The molecule has 7 nitrogen and oxygen atoms in total. The van der Waals surface area contributed by atoms with Crippen molar-refractivity contribution in [3.8, 4) is 11.5 Å². The summed E-state index contributed by atoms with van der Waals surface area (Å²) in [5.41, 5.74) is 3.32. The van der Waals surface area contributed by atoms with Crippen molar-refractivity contribution in [2.75, 3.05) is 19.0 Å². The predicted octanol–water partition coefficient (Wildman–Crippen LogP) is 2.18. The van der Waals surface area contributed by atoms with Crippen molar-refractivity contribution in [2.24, 2.45) is 5.10 Å². The Morgan fingerprint density at radius 3 is 2.68 bits per heavy atom. The van der Waals surface area contributed by atoms with Gasteiger partial charge in [-0.15, -0.1) is 0 Å². The highest BCUT2D eigenvalue weighted by molar-refractivity contribution is 6.39. The zero-order chi connectivity index (χ0) is 18.1. The van der Waals surface area contributed by atoms with Crippen LogP contribution in [0, 0.1) is 0 Å². The molecule has 0 saturated heterocycles. The van der Waals surface area contributed by atoms with Gasteiger partial charge in [0.1, 0.15) is 11.5 Å². The van der Waals surface area contributed by atoms with Crippen LogP contribution in [-0.4, -0.2) is 31.7 Å². The summed E-state index contributed by atoms with van der Waals surface area (Å²) in [6.45, 7) is 2.39. The highest BCUT2D eigenvalue weighted by Crippen LogP contribution is 2.17. The quantitative estimate of drug-likeness (QED) is 0.479. The number of carbonyl (C=O) groups excluding carboxylic acids is 2. The Morgan fingerprint density at radius 2 is 1.92 bits per heavy atom. The fraction of sp³-hybridized carbons (Fsp3) is 0.167. The predicted molar refractivity (Wildman–Crippen MR) is 95.0 cm³/mol. The summed E-state index contributed by atoms with van der Waals surface area (Å²) in [5.74, 6) is -0.496. The van der Waals surface area contributed by atoms with E-state index in [0.29, 0.717) is 29.4 Å². The van der Waals surface area contributed by atoms with Crippen molar-refractivity contribution in [3.63, 3.8) is 0 Å². The molecule has 2 amide bonds. The average molecular weight is 341 g/mol. The number of methoxy groups -OCH3 is 1. The molecule has 0 radical (unpaired) electrons. The number of hydrazone groups is 1. The number of anilines is 1. The Bertz CT molecular complexity index is 774. The molecule has 7 heteroatoms. The Morgan fingerprint density at radius 1 is 1.12 bits per heavy atom. The minimum Gasteiger partial charge on any atom is -0.497 e. The summed E-state index contributed by atoms with van der Waals surface area (Å²) in [6.07, 6.45) is 1.42. The van der Waals surface area contributed by atoms with E-state index in [1.807, 2.05) is 19.1 Å². The molecule has 2 aromatic rings. The van der Waals surface area contributed by atoms with Gasteiger partial charge in [-0.05, 0) is 31.2 Å². The molecule has 0 aliphatic heterocycles. The van der Waals surface area contributed by atoms with Crippen LogP contribution in [0.1, 0.15) is 12.5 Å². The van der Waals surface area contributed by atoms with Crippen LogP contribution in [0.25, 0.3) is 0 Å². The highest BCUT2D eigenvalue weighted by Gasteiger charge is 2.13. The van der Waals surface area contributed by atoms with Gasteiger partial charge in [-0.25, -0.2) is 5.43 Å². The number of amides is 2. The number of ether oxygens (including phenoxy) is 2. The number of para-hydroxylation sites is 1. The van der Waals surface area contributed by atoms with Gasteiger partial charge in [0.25, 0.3) is 0 Å². The first-order valence-electron chi connectivity index (χ1n) is 7.64. The molecule has 0 saturated carbocycles. The molecule has 130 valence electrons. The second kappa shape index (κ2) is 9.07. The molecule has 0 aliphatic carbocycles. The first-order chi connectivity index (χ1) is 12.1. The molecule has 0 spiro atoms. The number of carbonyl (C=O) groups is 2. The van der Waals surface area contributed by atoms with E-state index < -0.39 is 11.8 Å². The molecule has 25 heavy (non-hydrogen) atoms. The van der Waals surface area contributed by atoms with Gasteiger partial charge in [0, 0.05) is 17.3 Å². The Labute approximate surface area is 145 Å². The Kier molecular flexibility index (Phi) is 6.53. The standard InChI is InChI=1S/C18H19N3O4/c1-3-25-16-10-5-4-7-13(16)12-19-21-18(23)17(22)20-14-8-6-9-15(11-14)24-2/h4-12H,3H2,1-2H3,(H,20,22)(H,21,23)/b19-12+. The van der Waals surface area contributed by atoms with E-state index in [4.69, 9.17) is 9.47 Å². The van der Waals surface area contributed by atoms with E-state index in [1.54, 1.807) is 36.4 Å². The lowest BCUT2D eigenvalue weighted by Gasteiger charge is -2.07. The first kappa shape index (κ1) is 18.0. The summed E-state index contributed by atoms with van der Waals surface area (Å²) >= 11 is 0. The minimum absolute atomic E-state index is 0.449. The highest BCUT2D eigenvalue weighted by atomic mass is 16.5. The van der Waals surface area contributed by atoms with E-state index >= 15 is 0 Å². The smallest absolute Gasteiger partial charge is 0.329 e. The molecule has 0 atom stereocenters. The number of hydrogen-bond acceptors (Lipinski definition) is 5. The van der Waals surface area contributed by atoms with Crippen LogP contribution in [0.3, 0.4) is 0 Å². The van der Waals surface area contributed by atoms with Gasteiger partial charge in [0.05, 0.1) is 19.9 Å². The molecule has 0 heterocycles. The van der Waals surface area contributed by atoms with Crippen molar-refractivity contribution in [2.45, 2.75) is 6.92 Å². The Balaban J connectivity index is 1.94. The monoisotopic (exact) mass is 341 g/mol. The lowest BCUT2D eigenvalue weighted by molar-refractivity contribution is -0.136. The minimum atomic E-state index is -0.882. The van der Waals surface area contributed by atoms with Gasteiger partial charge in [-0.3, -0.25) is 9.59 Å². The summed E-state index contributed by atoms with van der Waals surface area (Å²) in [4.78, 5) is 23.7. The van der Waals surface area contributed by atoms with Crippen molar-refractivity contribution in [3.05, 3.63) is 54.1 Å². The summed E-state index contributed by atoms with van der Waals surface area (Å²) < 4.78 is 10.5. The van der Waals surface area contributed by atoms with Gasteiger partial charge in [0.15, 0.2) is 0 Å². The lowest BCUT2D eigenvalue weighted by Crippen LogP contribution is -2.32. The van der Waals surface area contributed by atoms with Crippen molar-refractivity contribution in [1.82, 2.24) is 5.43 Å². The van der Waals surface area contributed by atoms with Crippen LogP contribution in [-0.2, 0) is 9.59 Å². The first-order valence-corrected chi connectivity index (χ1v) is 7.64. The topological polar surface area (TPSA) is 89.0 Å². The molecular weight excluding hydrogens is 322 g/mol. The molecule has 2 rings (SSSR count). The number of nitrogens with zero attached hydrogens (tertiary/aromatic N) is 1. The van der Waals surface area contributed by atoms with E-state index in [-0.39, 0.29) is 0 Å². The average Bonchev–Trinajstić information content (AvgIpc) is 2.63. The molecular formula is C18H19N3O4. The van der Waals surface area contributed by atoms with Crippen LogP contribution in [0.2, 0.25) is 0 Å². The number of hydrogen-bond donors (Lipinski definition) is 2. The summed E-state index contributed by atoms with van der Waals surface area (Å²) in [5, 5.41) is 6.26. The van der Waals surface area contributed by atoms with Crippen LogP contribution in [0.15, 0.2) is 53.6 Å². The molecule has 2 N–H and O–H groups in total. The molecule has 2 aromatic carbocycles. The van der Waals surface area contributed by atoms with E-state index in [2.05, 4.69) is 15.8 Å². The largest absolute Gasteiger partial charge is 0.497 e. The summed E-state index contributed by atoms with van der Waals surface area (Å²) in [6, 6.07) is 13.9. The third kappa shape index (κ3) is 5.35. The van der Waals surface area contributed by atoms with Crippen molar-refractivity contribution in [1.29, 1.82) is 0 Å². The van der Waals surface area contributed by atoms with Gasteiger partial charge in [-0.2, -0.15) is 5.10 Å². The molecule has 0 aromatic heterocycles. The maximum Gasteiger partial charge on any atom is 0.329 e. The summed E-state index contributed by atoms with van der Waals surface area (Å²) in [7, 11) is 1.52. The fourth-order valence-electron chi connectivity index (χ4n) is 1.97. The lowest BCUT2D eigenvalue weighted by atomic mass is 10.2. The van der Waals surface area contributed by atoms with Gasteiger partial charge >= 0.3 is 11.8 Å². The van der Waals surface area contributed by atoms with E-state index in [9.17, 15) is 9.59 Å². The van der Waals surface area contributed by atoms with Gasteiger partial charge in [0.2, 0.25) is 0 Å². The van der Waals surface area contributed by atoms with Crippen LogP contribution >= 0.6 is 0 Å². The normalized spacial score (nSPS) is 10.3. The maximum absolute atomic E-state index is 11.9. The molecule has 0 aliphatic rings. The van der Waals surface area contributed by atoms with Gasteiger partial charge in [-0.1, -0.05) is 18.2 Å². The third-order valence-corrected chi connectivity index (χ3v) is 3.12. The second-order valence-corrected chi connectivity index (χ2v) is 4.86. The number of benzene rings is 2. The Hall–Kier alpha value is -3.35. The molecule has 0 fully saturated rings. The molecule has 0 bridgehead atoms.